The van der Waals surface area contributed by atoms with Gasteiger partial charge in [0.25, 0.3) is 5.91 Å². The minimum absolute atomic E-state index is 0.0261. The topological polar surface area (TPSA) is 32.8 Å². The Balaban J connectivity index is 1.52. The van der Waals surface area contributed by atoms with E-state index in [1.807, 2.05) is 11.0 Å². The van der Waals surface area contributed by atoms with Crippen LogP contribution in [-0.4, -0.2) is 61.1 Å². The molecule has 3 heterocycles. The molecule has 2 aromatic rings. The smallest absolute Gasteiger partial charge is 0.264 e. The largest absolute Gasteiger partial charge is 0.379 e. The molecule has 0 unspecified atom stereocenters. The summed E-state index contributed by atoms with van der Waals surface area (Å²) in [7, 11) is 0. The molecule has 2 aliphatic rings. The molecule has 2 saturated heterocycles. The average Bonchev–Trinajstić information content (AvgIpc) is 3.20. The first-order valence-corrected chi connectivity index (χ1v) is 9.24. The molecule has 24 heavy (non-hydrogen) atoms. The number of benzene rings is 1. The molecular formula is C18H21FN2O2S. The van der Waals surface area contributed by atoms with E-state index in [2.05, 4.69) is 11.8 Å². The van der Waals surface area contributed by atoms with Crippen LogP contribution in [0.2, 0.25) is 0 Å². The van der Waals surface area contributed by atoms with Crippen molar-refractivity contribution in [1.29, 1.82) is 0 Å². The molecule has 4 rings (SSSR count). The monoisotopic (exact) mass is 348 g/mol. The van der Waals surface area contributed by atoms with E-state index in [4.69, 9.17) is 4.74 Å². The predicted molar refractivity (Wildman–Crippen MR) is 93.0 cm³/mol. The number of nitrogens with zero attached hydrogens (tertiary/aromatic N) is 2. The molecular weight excluding hydrogens is 327 g/mol. The van der Waals surface area contributed by atoms with Crippen molar-refractivity contribution in [2.45, 2.75) is 13.0 Å². The molecule has 1 amide bonds. The number of ether oxygens (including phenoxy) is 1. The highest BCUT2D eigenvalue weighted by Crippen LogP contribution is 2.30. The van der Waals surface area contributed by atoms with Gasteiger partial charge in [-0.05, 0) is 24.1 Å². The Labute approximate surface area is 144 Å². The van der Waals surface area contributed by atoms with E-state index in [1.54, 1.807) is 12.1 Å². The van der Waals surface area contributed by atoms with Crippen LogP contribution < -0.4 is 0 Å². The Morgan fingerprint density at radius 2 is 2.08 bits per heavy atom. The van der Waals surface area contributed by atoms with Crippen molar-refractivity contribution in [3.63, 3.8) is 0 Å². The number of amides is 1. The third-order valence-corrected chi connectivity index (χ3v) is 6.18. The lowest BCUT2D eigenvalue weighted by Crippen LogP contribution is -2.47. The molecule has 2 atom stereocenters. The Kier molecular flexibility index (Phi) is 4.28. The number of carbonyl (C=O) groups is 1. The second kappa shape index (κ2) is 6.43. The number of rotatable bonds is 2. The number of hydrogen-bond donors (Lipinski definition) is 0. The van der Waals surface area contributed by atoms with Gasteiger partial charge in [-0.25, -0.2) is 4.39 Å². The molecule has 0 N–H and O–H groups in total. The maximum atomic E-state index is 13.9. The lowest BCUT2D eigenvalue weighted by atomic mass is 10.0. The molecule has 128 valence electrons. The fraction of sp³-hybridized carbons (Fsp3) is 0.500. The number of fused-ring (bicyclic) bond motifs is 1. The van der Waals surface area contributed by atoms with E-state index < -0.39 is 0 Å². The van der Waals surface area contributed by atoms with Gasteiger partial charge in [0, 0.05) is 42.3 Å². The normalized spacial score (nSPS) is 25.5. The van der Waals surface area contributed by atoms with Crippen LogP contribution >= 0.6 is 11.3 Å². The average molecular weight is 348 g/mol. The molecule has 0 spiro atoms. The van der Waals surface area contributed by atoms with Gasteiger partial charge < -0.3 is 9.64 Å². The molecule has 0 radical (unpaired) electrons. The van der Waals surface area contributed by atoms with Gasteiger partial charge in [-0.2, -0.15) is 0 Å². The SMILES string of the molecule is C[C@H]1CN(C(=O)c2cc3c(F)cccc3s2)C[C@@H]1N1CCOCC1. The van der Waals surface area contributed by atoms with Crippen molar-refractivity contribution in [2.24, 2.45) is 5.92 Å². The summed E-state index contributed by atoms with van der Waals surface area (Å²) in [6.45, 7) is 7.13. The van der Waals surface area contributed by atoms with Crippen molar-refractivity contribution in [1.82, 2.24) is 9.80 Å². The van der Waals surface area contributed by atoms with E-state index in [0.29, 0.717) is 22.2 Å². The minimum Gasteiger partial charge on any atom is -0.379 e. The quantitative estimate of drug-likeness (QED) is 0.837. The molecule has 1 aromatic heterocycles. The maximum Gasteiger partial charge on any atom is 0.264 e. The van der Waals surface area contributed by atoms with Gasteiger partial charge in [0.1, 0.15) is 5.82 Å². The minimum atomic E-state index is -0.260. The van der Waals surface area contributed by atoms with Gasteiger partial charge in [-0.1, -0.05) is 13.0 Å². The van der Waals surface area contributed by atoms with E-state index in [9.17, 15) is 9.18 Å². The highest BCUT2D eigenvalue weighted by atomic mass is 32.1. The number of carbonyl (C=O) groups excluding carboxylic acids is 1. The van der Waals surface area contributed by atoms with Crippen molar-refractivity contribution in [3.8, 4) is 0 Å². The zero-order valence-corrected chi connectivity index (χ0v) is 14.5. The lowest BCUT2D eigenvalue weighted by molar-refractivity contribution is 0.0119. The summed E-state index contributed by atoms with van der Waals surface area (Å²) in [5.74, 6) is 0.208. The van der Waals surface area contributed by atoms with Gasteiger partial charge in [-0.15, -0.1) is 11.3 Å². The Morgan fingerprint density at radius 3 is 2.83 bits per heavy atom. The molecule has 0 aliphatic carbocycles. The molecule has 2 fully saturated rings. The fourth-order valence-corrected chi connectivity index (χ4v) is 4.83. The van der Waals surface area contributed by atoms with Gasteiger partial charge in [0.05, 0.1) is 18.1 Å². The van der Waals surface area contributed by atoms with Gasteiger partial charge in [-0.3, -0.25) is 9.69 Å². The van der Waals surface area contributed by atoms with E-state index >= 15 is 0 Å². The lowest BCUT2D eigenvalue weighted by Gasteiger charge is -2.33. The Bertz CT molecular complexity index is 757. The van der Waals surface area contributed by atoms with Crippen LogP contribution in [-0.2, 0) is 4.74 Å². The first kappa shape index (κ1) is 16.0. The van der Waals surface area contributed by atoms with Crippen molar-refractivity contribution in [3.05, 3.63) is 35.0 Å². The third-order valence-electron chi connectivity index (χ3n) is 5.09. The van der Waals surface area contributed by atoms with Crippen LogP contribution in [0.4, 0.5) is 4.39 Å². The highest BCUT2D eigenvalue weighted by Gasteiger charge is 2.37. The zero-order chi connectivity index (χ0) is 16.7. The number of halogens is 1. The van der Waals surface area contributed by atoms with Crippen molar-refractivity contribution < 1.29 is 13.9 Å². The van der Waals surface area contributed by atoms with Gasteiger partial charge >= 0.3 is 0 Å². The standard InChI is InChI=1S/C18H21FN2O2S/c1-12-10-21(11-15(12)20-5-7-23-8-6-20)18(22)17-9-13-14(19)3-2-4-16(13)24-17/h2-4,9,12,15H,5-8,10-11H2,1H3/t12-,15-/m0/s1. The molecule has 1 aromatic carbocycles. The summed E-state index contributed by atoms with van der Waals surface area (Å²) in [4.78, 5) is 17.9. The predicted octanol–water partition coefficient (Wildman–Crippen LogP) is 2.83. The second-order valence-corrected chi connectivity index (χ2v) is 7.75. The number of likely N-dealkylation sites (tertiary alicyclic amines) is 1. The second-order valence-electron chi connectivity index (χ2n) is 6.67. The third kappa shape index (κ3) is 2.83. The van der Waals surface area contributed by atoms with E-state index in [1.165, 1.54) is 17.4 Å². The summed E-state index contributed by atoms with van der Waals surface area (Å²) < 4.78 is 20.1. The van der Waals surface area contributed by atoms with E-state index in [0.717, 1.165) is 44.1 Å². The number of morpholine rings is 1. The highest BCUT2D eigenvalue weighted by molar-refractivity contribution is 7.20. The fourth-order valence-electron chi connectivity index (χ4n) is 3.79. The first-order chi connectivity index (χ1) is 11.6. The van der Waals surface area contributed by atoms with Crippen LogP contribution in [0.5, 0.6) is 0 Å². The zero-order valence-electron chi connectivity index (χ0n) is 13.7. The van der Waals surface area contributed by atoms with Crippen LogP contribution in [0.1, 0.15) is 16.6 Å². The van der Waals surface area contributed by atoms with Gasteiger partial charge in [0.15, 0.2) is 0 Å². The first-order valence-electron chi connectivity index (χ1n) is 8.42. The molecule has 6 heteroatoms. The Hall–Kier alpha value is -1.50. The summed E-state index contributed by atoms with van der Waals surface area (Å²) in [5.41, 5.74) is 0. The van der Waals surface area contributed by atoms with Crippen molar-refractivity contribution in [2.75, 3.05) is 39.4 Å². The van der Waals surface area contributed by atoms with Gasteiger partial charge in [0.2, 0.25) is 0 Å². The summed E-state index contributed by atoms with van der Waals surface area (Å²) in [6, 6.07) is 7.08. The van der Waals surface area contributed by atoms with Crippen molar-refractivity contribution >= 4 is 27.3 Å². The molecule has 4 nitrogen and oxygen atoms in total. The van der Waals surface area contributed by atoms with Crippen LogP contribution in [0.3, 0.4) is 0 Å². The van der Waals surface area contributed by atoms with Crippen LogP contribution in [0.15, 0.2) is 24.3 Å². The van der Waals surface area contributed by atoms with Crippen LogP contribution in [0, 0.1) is 11.7 Å². The summed E-state index contributed by atoms with van der Waals surface area (Å²) >= 11 is 1.38. The summed E-state index contributed by atoms with van der Waals surface area (Å²) in [5, 5.41) is 0.544. The molecule has 0 saturated carbocycles. The van der Waals surface area contributed by atoms with E-state index in [-0.39, 0.29) is 11.7 Å². The number of thiophene rings is 1. The molecule has 0 bridgehead atoms. The maximum absolute atomic E-state index is 13.9. The van der Waals surface area contributed by atoms with Crippen LogP contribution in [0.25, 0.3) is 10.1 Å². The number of hydrogen-bond acceptors (Lipinski definition) is 4. The molecule has 2 aliphatic heterocycles. The Morgan fingerprint density at radius 1 is 1.29 bits per heavy atom. The summed E-state index contributed by atoms with van der Waals surface area (Å²) in [6.07, 6.45) is 0.